The highest BCUT2D eigenvalue weighted by atomic mass is 35.5. The van der Waals surface area contributed by atoms with E-state index >= 15 is 0 Å². The van der Waals surface area contributed by atoms with Gasteiger partial charge in [0.2, 0.25) is 0 Å². The SMILES string of the molecule is Clc1ccc(-c2cnc(CNC3CCN(Cc4ccccc4)CC3)s2)c(Cl)c1. The number of thiazole rings is 1. The maximum atomic E-state index is 6.32. The van der Waals surface area contributed by atoms with Gasteiger partial charge in [-0.1, -0.05) is 59.6 Å². The van der Waals surface area contributed by atoms with Crippen molar-refractivity contribution in [3.8, 4) is 10.4 Å². The molecule has 1 N–H and O–H groups in total. The Morgan fingerprint density at radius 1 is 1.07 bits per heavy atom. The van der Waals surface area contributed by atoms with Gasteiger partial charge >= 0.3 is 0 Å². The average molecular weight is 432 g/mol. The zero-order valence-corrected chi connectivity index (χ0v) is 17.9. The molecule has 0 atom stereocenters. The van der Waals surface area contributed by atoms with Gasteiger partial charge in [-0.3, -0.25) is 4.90 Å². The van der Waals surface area contributed by atoms with E-state index in [0.29, 0.717) is 16.1 Å². The zero-order valence-electron chi connectivity index (χ0n) is 15.6. The number of aromatic nitrogens is 1. The predicted molar refractivity (Wildman–Crippen MR) is 119 cm³/mol. The molecule has 2 aromatic carbocycles. The summed E-state index contributed by atoms with van der Waals surface area (Å²) in [5, 5.41) is 6.09. The topological polar surface area (TPSA) is 28.2 Å². The van der Waals surface area contributed by atoms with E-state index in [4.69, 9.17) is 23.2 Å². The van der Waals surface area contributed by atoms with E-state index in [1.807, 2.05) is 18.3 Å². The molecule has 2 heterocycles. The summed E-state index contributed by atoms with van der Waals surface area (Å²) in [6, 6.07) is 16.9. The third kappa shape index (κ3) is 5.13. The summed E-state index contributed by atoms with van der Waals surface area (Å²) >= 11 is 14.0. The van der Waals surface area contributed by atoms with Crippen molar-refractivity contribution in [2.24, 2.45) is 0 Å². The Morgan fingerprint density at radius 3 is 2.61 bits per heavy atom. The molecule has 1 aliphatic rings. The van der Waals surface area contributed by atoms with Gasteiger partial charge in [-0.2, -0.15) is 0 Å². The van der Waals surface area contributed by atoms with Crippen molar-refractivity contribution in [2.45, 2.75) is 32.0 Å². The van der Waals surface area contributed by atoms with Crippen LogP contribution in [0.25, 0.3) is 10.4 Å². The molecule has 0 radical (unpaired) electrons. The average Bonchev–Trinajstić information content (AvgIpc) is 3.17. The maximum absolute atomic E-state index is 6.32. The van der Waals surface area contributed by atoms with Gasteiger partial charge in [-0.15, -0.1) is 11.3 Å². The first-order valence-electron chi connectivity index (χ1n) is 9.57. The third-order valence-corrected chi connectivity index (χ3v) is 6.71. The van der Waals surface area contributed by atoms with Crippen LogP contribution in [-0.4, -0.2) is 29.0 Å². The second-order valence-electron chi connectivity index (χ2n) is 7.16. The third-order valence-electron chi connectivity index (χ3n) is 5.13. The molecule has 146 valence electrons. The number of rotatable bonds is 6. The number of likely N-dealkylation sites (tertiary alicyclic amines) is 1. The first kappa shape index (κ1) is 19.9. The minimum atomic E-state index is 0.554. The Kier molecular flexibility index (Phi) is 6.65. The number of nitrogens with zero attached hydrogens (tertiary/aromatic N) is 2. The van der Waals surface area contributed by atoms with Gasteiger partial charge in [0.1, 0.15) is 5.01 Å². The van der Waals surface area contributed by atoms with Crippen molar-refractivity contribution in [1.82, 2.24) is 15.2 Å². The minimum absolute atomic E-state index is 0.554. The fourth-order valence-corrected chi connectivity index (χ4v) is 5.05. The number of piperidine rings is 1. The minimum Gasteiger partial charge on any atom is -0.308 e. The van der Waals surface area contributed by atoms with E-state index in [1.165, 1.54) is 18.4 Å². The lowest BCUT2D eigenvalue weighted by molar-refractivity contribution is 0.190. The summed E-state index contributed by atoms with van der Waals surface area (Å²) in [6.07, 6.45) is 4.25. The fourth-order valence-electron chi connectivity index (χ4n) is 3.57. The second kappa shape index (κ2) is 9.38. The van der Waals surface area contributed by atoms with Crippen LogP contribution in [0.1, 0.15) is 23.4 Å². The van der Waals surface area contributed by atoms with Gasteiger partial charge < -0.3 is 5.32 Å². The maximum Gasteiger partial charge on any atom is 0.107 e. The monoisotopic (exact) mass is 431 g/mol. The molecular formula is C22H23Cl2N3S. The summed E-state index contributed by atoms with van der Waals surface area (Å²) in [5.41, 5.74) is 2.38. The van der Waals surface area contributed by atoms with Crippen molar-refractivity contribution in [1.29, 1.82) is 0 Å². The molecule has 3 nitrogen and oxygen atoms in total. The van der Waals surface area contributed by atoms with Crippen LogP contribution in [-0.2, 0) is 13.1 Å². The zero-order chi connectivity index (χ0) is 19.3. The van der Waals surface area contributed by atoms with Gasteiger partial charge in [0.25, 0.3) is 0 Å². The van der Waals surface area contributed by atoms with Crippen molar-refractivity contribution < 1.29 is 0 Å². The number of hydrogen-bond acceptors (Lipinski definition) is 4. The molecule has 1 saturated heterocycles. The highest BCUT2D eigenvalue weighted by Gasteiger charge is 2.19. The molecule has 0 aliphatic carbocycles. The van der Waals surface area contributed by atoms with E-state index in [-0.39, 0.29) is 0 Å². The molecule has 1 fully saturated rings. The Hall–Kier alpha value is -1.43. The van der Waals surface area contributed by atoms with Crippen LogP contribution in [0.4, 0.5) is 0 Å². The first-order chi connectivity index (χ1) is 13.7. The lowest BCUT2D eigenvalue weighted by Gasteiger charge is -2.32. The molecule has 0 unspecified atom stereocenters. The summed E-state index contributed by atoms with van der Waals surface area (Å²) < 4.78 is 0. The van der Waals surface area contributed by atoms with E-state index < -0.39 is 0 Å². The van der Waals surface area contributed by atoms with E-state index in [9.17, 15) is 0 Å². The van der Waals surface area contributed by atoms with E-state index in [2.05, 4.69) is 45.5 Å². The van der Waals surface area contributed by atoms with Crippen LogP contribution in [0.15, 0.2) is 54.7 Å². The Morgan fingerprint density at radius 2 is 1.86 bits per heavy atom. The first-order valence-corrected chi connectivity index (χ1v) is 11.1. The standard InChI is InChI=1S/C22H23Cl2N3S/c23-17-6-7-19(20(24)12-17)21-13-26-22(28-21)14-25-18-8-10-27(11-9-18)15-16-4-2-1-3-5-16/h1-7,12-13,18,25H,8-11,14-15H2. The summed E-state index contributed by atoms with van der Waals surface area (Å²) in [5.74, 6) is 0. The largest absolute Gasteiger partial charge is 0.308 e. The molecule has 6 heteroatoms. The molecule has 4 rings (SSSR count). The molecule has 0 spiro atoms. The molecule has 1 aromatic heterocycles. The van der Waals surface area contributed by atoms with Gasteiger partial charge in [-0.25, -0.2) is 4.98 Å². The lowest BCUT2D eigenvalue weighted by atomic mass is 10.0. The molecule has 0 saturated carbocycles. The quantitative estimate of drug-likeness (QED) is 0.528. The van der Waals surface area contributed by atoms with E-state index in [0.717, 1.165) is 41.6 Å². The molecule has 0 amide bonds. The van der Waals surface area contributed by atoms with Gasteiger partial charge in [0, 0.05) is 35.9 Å². The predicted octanol–water partition coefficient (Wildman–Crippen LogP) is 5.87. The second-order valence-corrected chi connectivity index (χ2v) is 9.12. The van der Waals surface area contributed by atoms with Crippen molar-refractivity contribution in [3.63, 3.8) is 0 Å². The van der Waals surface area contributed by atoms with Gasteiger partial charge in [-0.05, 0) is 43.6 Å². The molecular weight excluding hydrogens is 409 g/mol. The normalized spacial score (nSPS) is 15.8. The van der Waals surface area contributed by atoms with Crippen LogP contribution in [0.5, 0.6) is 0 Å². The molecule has 0 bridgehead atoms. The van der Waals surface area contributed by atoms with Crippen LogP contribution in [0, 0.1) is 0 Å². The summed E-state index contributed by atoms with van der Waals surface area (Å²) in [4.78, 5) is 8.18. The molecule has 3 aromatic rings. The van der Waals surface area contributed by atoms with Crippen molar-refractivity contribution >= 4 is 34.5 Å². The van der Waals surface area contributed by atoms with Gasteiger partial charge in [0.05, 0.1) is 9.90 Å². The van der Waals surface area contributed by atoms with Crippen LogP contribution in [0.3, 0.4) is 0 Å². The van der Waals surface area contributed by atoms with Crippen LogP contribution in [0.2, 0.25) is 10.0 Å². The Balaban J connectivity index is 1.26. The number of nitrogens with one attached hydrogen (secondary N) is 1. The number of halogens is 2. The Bertz CT molecular complexity index is 905. The van der Waals surface area contributed by atoms with Crippen LogP contribution >= 0.6 is 34.5 Å². The van der Waals surface area contributed by atoms with Gasteiger partial charge in [0.15, 0.2) is 0 Å². The Labute approximate surface area is 180 Å². The van der Waals surface area contributed by atoms with Crippen molar-refractivity contribution in [2.75, 3.05) is 13.1 Å². The highest BCUT2D eigenvalue weighted by molar-refractivity contribution is 7.15. The smallest absolute Gasteiger partial charge is 0.107 e. The lowest BCUT2D eigenvalue weighted by Crippen LogP contribution is -2.41. The van der Waals surface area contributed by atoms with Crippen molar-refractivity contribution in [3.05, 3.63) is 75.3 Å². The number of benzene rings is 2. The summed E-state index contributed by atoms with van der Waals surface area (Å²) in [7, 11) is 0. The number of hydrogen-bond donors (Lipinski definition) is 1. The molecule has 28 heavy (non-hydrogen) atoms. The molecule has 1 aliphatic heterocycles. The highest BCUT2D eigenvalue weighted by Crippen LogP contribution is 2.33. The summed E-state index contributed by atoms with van der Waals surface area (Å²) in [6.45, 7) is 4.12. The van der Waals surface area contributed by atoms with Crippen LogP contribution < -0.4 is 5.32 Å². The van der Waals surface area contributed by atoms with E-state index in [1.54, 1.807) is 17.4 Å². The fraction of sp³-hybridized carbons (Fsp3) is 0.318.